The van der Waals surface area contributed by atoms with Crippen molar-refractivity contribution in [3.8, 4) is 0 Å². The molecule has 0 aliphatic heterocycles. The van der Waals surface area contributed by atoms with Crippen molar-refractivity contribution in [1.29, 1.82) is 0 Å². The lowest BCUT2D eigenvalue weighted by molar-refractivity contribution is -0.277. The Morgan fingerprint density at radius 2 is 1.71 bits per heavy atom. The summed E-state index contributed by atoms with van der Waals surface area (Å²) in [6, 6.07) is 0. The molecule has 0 heterocycles. The molecule has 1 aliphatic rings. The van der Waals surface area contributed by atoms with Crippen LogP contribution < -0.4 is 0 Å². The average Bonchev–Trinajstić information content (AvgIpc) is 2.19. The fourth-order valence-electron chi connectivity index (χ4n) is 2.61. The Labute approximate surface area is 88.0 Å². The summed E-state index contributed by atoms with van der Waals surface area (Å²) >= 11 is 0. The van der Waals surface area contributed by atoms with Crippen molar-refractivity contribution in [1.82, 2.24) is 0 Å². The molecule has 0 spiro atoms. The van der Waals surface area contributed by atoms with E-state index in [2.05, 4.69) is 20.8 Å². The zero-order valence-electron chi connectivity index (χ0n) is 9.84. The van der Waals surface area contributed by atoms with E-state index in [1.165, 1.54) is 25.7 Å². The molecule has 1 saturated carbocycles. The van der Waals surface area contributed by atoms with Gasteiger partial charge in [-0.3, -0.25) is 0 Å². The van der Waals surface area contributed by atoms with Crippen LogP contribution >= 0.6 is 0 Å². The van der Waals surface area contributed by atoms with Gasteiger partial charge < -0.3 is 9.47 Å². The van der Waals surface area contributed by atoms with Crippen LogP contribution in [0.2, 0.25) is 0 Å². The van der Waals surface area contributed by atoms with Gasteiger partial charge in [0.2, 0.25) is 0 Å². The van der Waals surface area contributed by atoms with E-state index in [0.717, 1.165) is 19.6 Å². The van der Waals surface area contributed by atoms with Crippen LogP contribution in [0.4, 0.5) is 0 Å². The molecule has 2 nitrogen and oxygen atoms in total. The number of ether oxygens (including phenoxy) is 2. The van der Waals surface area contributed by atoms with Crippen LogP contribution in [-0.4, -0.2) is 19.0 Å². The van der Waals surface area contributed by atoms with Gasteiger partial charge in [-0.1, -0.05) is 13.3 Å². The molecule has 1 fully saturated rings. The van der Waals surface area contributed by atoms with Crippen molar-refractivity contribution in [2.24, 2.45) is 5.92 Å². The summed E-state index contributed by atoms with van der Waals surface area (Å²) in [7, 11) is 0. The topological polar surface area (TPSA) is 18.5 Å². The number of hydrogen-bond donors (Lipinski definition) is 0. The first-order valence-electron chi connectivity index (χ1n) is 6.07. The summed E-state index contributed by atoms with van der Waals surface area (Å²) in [6.45, 7) is 7.87. The van der Waals surface area contributed by atoms with Gasteiger partial charge in [-0.05, 0) is 33.1 Å². The molecule has 0 saturated heterocycles. The van der Waals surface area contributed by atoms with Crippen molar-refractivity contribution in [2.45, 2.75) is 58.7 Å². The Hall–Kier alpha value is -0.0800. The molecule has 0 aromatic heterocycles. The molecule has 1 unspecified atom stereocenters. The lowest BCUT2D eigenvalue weighted by Gasteiger charge is -2.43. The summed E-state index contributed by atoms with van der Waals surface area (Å²) in [5, 5.41) is 0. The van der Waals surface area contributed by atoms with Crippen LogP contribution in [-0.2, 0) is 9.47 Å². The quantitative estimate of drug-likeness (QED) is 0.634. The van der Waals surface area contributed by atoms with E-state index in [-0.39, 0.29) is 5.79 Å². The maximum Gasteiger partial charge on any atom is 0.170 e. The minimum Gasteiger partial charge on any atom is -0.350 e. The summed E-state index contributed by atoms with van der Waals surface area (Å²) in [4.78, 5) is 0. The van der Waals surface area contributed by atoms with E-state index in [9.17, 15) is 0 Å². The predicted molar refractivity (Wildman–Crippen MR) is 58.2 cm³/mol. The molecule has 0 aromatic rings. The molecule has 1 rings (SSSR count). The van der Waals surface area contributed by atoms with Gasteiger partial charge in [0, 0.05) is 25.6 Å². The molecule has 0 radical (unpaired) electrons. The lowest BCUT2D eigenvalue weighted by atomic mass is 9.81. The largest absolute Gasteiger partial charge is 0.350 e. The predicted octanol–water partition coefficient (Wildman–Crippen LogP) is 3.36. The van der Waals surface area contributed by atoms with Crippen LogP contribution in [0.1, 0.15) is 52.9 Å². The Balaban J connectivity index is 2.68. The normalized spacial score (nSPS) is 26.4. The molecule has 14 heavy (non-hydrogen) atoms. The monoisotopic (exact) mass is 200 g/mol. The Kier molecular flexibility index (Phi) is 4.90. The van der Waals surface area contributed by atoms with Crippen molar-refractivity contribution in [3.05, 3.63) is 0 Å². The van der Waals surface area contributed by atoms with Gasteiger partial charge in [0.25, 0.3) is 0 Å². The van der Waals surface area contributed by atoms with Crippen LogP contribution in [0.5, 0.6) is 0 Å². The smallest absolute Gasteiger partial charge is 0.170 e. The fourth-order valence-corrected chi connectivity index (χ4v) is 2.61. The first kappa shape index (κ1) is 12.0. The first-order chi connectivity index (χ1) is 6.79. The van der Waals surface area contributed by atoms with Gasteiger partial charge in [0.05, 0.1) is 0 Å². The second-order valence-electron chi connectivity index (χ2n) is 4.03. The van der Waals surface area contributed by atoms with Crippen molar-refractivity contribution in [3.63, 3.8) is 0 Å². The summed E-state index contributed by atoms with van der Waals surface area (Å²) < 4.78 is 11.8. The minimum atomic E-state index is -0.253. The molecule has 84 valence electrons. The SMILES string of the molecule is CCOC1(OCC)CCCCC1CC. The van der Waals surface area contributed by atoms with Crippen LogP contribution in [0.25, 0.3) is 0 Å². The minimum absolute atomic E-state index is 0.253. The first-order valence-corrected chi connectivity index (χ1v) is 6.07. The van der Waals surface area contributed by atoms with Gasteiger partial charge >= 0.3 is 0 Å². The highest BCUT2D eigenvalue weighted by atomic mass is 16.7. The molecule has 0 bridgehead atoms. The maximum absolute atomic E-state index is 5.89. The number of hydrogen-bond acceptors (Lipinski definition) is 2. The highest BCUT2D eigenvalue weighted by Gasteiger charge is 2.41. The van der Waals surface area contributed by atoms with E-state index in [0.29, 0.717) is 5.92 Å². The van der Waals surface area contributed by atoms with Crippen LogP contribution in [0, 0.1) is 5.92 Å². The van der Waals surface area contributed by atoms with Gasteiger partial charge in [-0.25, -0.2) is 0 Å². The highest BCUT2D eigenvalue weighted by molar-refractivity contribution is 4.83. The molecule has 1 atom stereocenters. The van der Waals surface area contributed by atoms with Gasteiger partial charge in [0.1, 0.15) is 0 Å². The van der Waals surface area contributed by atoms with Crippen molar-refractivity contribution >= 4 is 0 Å². The van der Waals surface area contributed by atoms with Crippen LogP contribution in [0.15, 0.2) is 0 Å². The highest BCUT2D eigenvalue weighted by Crippen LogP contribution is 2.39. The van der Waals surface area contributed by atoms with Crippen molar-refractivity contribution < 1.29 is 9.47 Å². The maximum atomic E-state index is 5.89. The molecule has 0 N–H and O–H groups in total. The number of rotatable bonds is 5. The van der Waals surface area contributed by atoms with Crippen molar-refractivity contribution in [2.75, 3.05) is 13.2 Å². The van der Waals surface area contributed by atoms with Crippen LogP contribution in [0.3, 0.4) is 0 Å². The second-order valence-corrected chi connectivity index (χ2v) is 4.03. The molecule has 0 amide bonds. The third-order valence-corrected chi connectivity index (χ3v) is 3.22. The molecule has 0 aromatic carbocycles. The average molecular weight is 200 g/mol. The summed E-state index contributed by atoms with van der Waals surface area (Å²) in [5.41, 5.74) is 0. The van der Waals surface area contributed by atoms with Gasteiger partial charge in [-0.15, -0.1) is 0 Å². The van der Waals surface area contributed by atoms with Gasteiger partial charge in [0.15, 0.2) is 5.79 Å². The summed E-state index contributed by atoms with van der Waals surface area (Å²) in [6.07, 6.45) is 6.08. The summed E-state index contributed by atoms with van der Waals surface area (Å²) in [5.74, 6) is 0.340. The molecular formula is C12H24O2. The second kappa shape index (κ2) is 5.72. The molecule has 2 heteroatoms. The Bertz CT molecular complexity index is 145. The molecular weight excluding hydrogens is 176 g/mol. The zero-order valence-corrected chi connectivity index (χ0v) is 9.84. The zero-order chi connectivity index (χ0) is 10.4. The van der Waals surface area contributed by atoms with E-state index in [1.807, 2.05) is 0 Å². The Morgan fingerprint density at radius 1 is 1.07 bits per heavy atom. The van der Waals surface area contributed by atoms with E-state index >= 15 is 0 Å². The lowest BCUT2D eigenvalue weighted by Crippen LogP contribution is -2.45. The fraction of sp³-hybridized carbons (Fsp3) is 1.00. The molecule has 1 aliphatic carbocycles. The standard InChI is InChI=1S/C12H24O2/c1-4-11-9-7-8-10-12(11,13-5-2)14-6-3/h11H,4-10H2,1-3H3. The van der Waals surface area contributed by atoms with E-state index in [1.54, 1.807) is 0 Å². The third-order valence-electron chi connectivity index (χ3n) is 3.22. The van der Waals surface area contributed by atoms with E-state index < -0.39 is 0 Å². The van der Waals surface area contributed by atoms with E-state index in [4.69, 9.17) is 9.47 Å². The van der Waals surface area contributed by atoms with Gasteiger partial charge in [-0.2, -0.15) is 0 Å². The third kappa shape index (κ3) is 2.48. The Morgan fingerprint density at radius 3 is 2.21 bits per heavy atom.